The molecule has 1 saturated heterocycles. The van der Waals surface area contributed by atoms with Crippen LogP contribution in [0.3, 0.4) is 0 Å². The van der Waals surface area contributed by atoms with E-state index in [1.165, 1.54) is 6.07 Å². The number of alkyl halides is 3. The van der Waals surface area contributed by atoms with E-state index >= 15 is 0 Å². The summed E-state index contributed by atoms with van der Waals surface area (Å²) in [5.41, 5.74) is 2.20. The summed E-state index contributed by atoms with van der Waals surface area (Å²) in [7, 11) is 2.02. The van der Waals surface area contributed by atoms with Gasteiger partial charge in [0.1, 0.15) is 0 Å². The van der Waals surface area contributed by atoms with Gasteiger partial charge in [0.15, 0.2) is 5.69 Å². The van der Waals surface area contributed by atoms with Gasteiger partial charge in [-0.15, -0.1) is 0 Å². The number of hydrogen-bond acceptors (Lipinski definition) is 3. The van der Waals surface area contributed by atoms with Gasteiger partial charge in [0, 0.05) is 31.7 Å². The molecule has 1 N–H and O–H groups in total. The van der Waals surface area contributed by atoms with Crippen LogP contribution in [0, 0.1) is 0 Å². The SMILES string of the molecule is CN1CCc2c(C(=O)N3CCC(c4ccccc4C(F)(F)F)CC3)n[nH]c2C1. The van der Waals surface area contributed by atoms with Gasteiger partial charge in [-0.1, -0.05) is 18.2 Å². The van der Waals surface area contributed by atoms with E-state index in [2.05, 4.69) is 15.1 Å². The van der Waals surface area contributed by atoms with Crippen LogP contribution in [-0.2, 0) is 19.1 Å². The highest BCUT2D eigenvalue weighted by molar-refractivity contribution is 5.94. The first-order chi connectivity index (χ1) is 13.3. The van der Waals surface area contributed by atoms with E-state index in [0.29, 0.717) is 37.2 Å². The highest BCUT2D eigenvalue weighted by atomic mass is 19.4. The van der Waals surface area contributed by atoms with Crippen LogP contribution in [0.4, 0.5) is 13.2 Å². The third-order valence-corrected chi connectivity index (χ3v) is 5.82. The van der Waals surface area contributed by atoms with E-state index in [-0.39, 0.29) is 11.8 Å². The Morgan fingerprint density at radius 1 is 1.18 bits per heavy atom. The molecule has 4 rings (SSSR count). The predicted molar refractivity (Wildman–Crippen MR) is 97.9 cm³/mol. The lowest BCUT2D eigenvalue weighted by Crippen LogP contribution is -2.39. The first-order valence-electron chi connectivity index (χ1n) is 9.54. The van der Waals surface area contributed by atoms with Gasteiger partial charge < -0.3 is 9.80 Å². The fourth-order valence-corrected chi connectivity index (χ4v) is 4.28. The van der Waals surface area contributed by atoms with Crippen molar-refractivity contribution in [3.8, 4) is 0 Å². The standard InChI is InChI=1S/C20H23F3N4O/c1-26-9-8-15-17(12-26)24-25-18(15)19(28)27-10-6-13(7-11-27)14-4-2-3-5-16(14)20(21,22)23/h2-5,13H,6-12H2,1H3,(H,24,25). The number of amides is 1. The fraction of sp³-hybridized carbons (Fsp3) is 0.500. The van der Waals surface area contributed by atoms with Gasteiger partial charge >= 0.3 is 6.18 Å². The molecule has 0 atom stereocenters. The zero-order chi connectivity index (χ0) is 19.9. The molecule has 2 aromatic rings. The number of fused-ring (bicyclic) bond motifs is 1. The Balaban J connectivity index is 1.46. The minimum absolute atomic E-state index is 0.121. The smallest absolute Gasteiger partial charge is 0.337 e. The summed E-state index contributed by atoms with van der Waals surface area (Å²) in [5.74, 6) is -0.312. The Labute approximate surface area is 161 Å². The van der Waals surface area contributed by atoms with Crippen molar-refractivity contribution in [1.82, 2.24) is 20.0 Å². The quantitative estimate of drug-likeness (QED) is 0.852. The van der Waals surface area contributed by atoms with Crippen LogP contribution in [-0.4, -0.2) is 52.6 Å². The molecule has 3 heterocycles. The minimum Gasteiger partial charge on any atom is -0.337 e. The van der Waals surface area contributed by atoms with E-state index in [9.17, 15) is 18.0 Å². The number of likely N-dealkylation sites (N-methyl/N-ethyl adjacent to an activating group) is 1. The Kier molecular flexibility index (Phi) is 4.91. The molecular weight excluding hydrogens is 369 g/mol. The van der Waals surface area contributed by atoms with Gasteiger partial charge in [-0.2, -0.15) is 18.3 Å². The Morgan fingerprint density at radius 3 is 2.61 bits per heavy atom. The maximum Gasteiger partial charge on any atom is 0.416 e. The number of halogens is 3. The van der Waals surface area contributed by atoms with Crippen LogP contribution in [0.15, 0.2) is 24.3 Å². The molecule has 0 unspecified atom stereocenters. The Hall–Kier alpha value is -2.35. The van der Waals surface area contributed by atoms with E-state index in [1.54, 1.807) is 17.0 Å². The number of nitrogens with one attached hydrogen (secondary N) is 1. The number of aromatic amines is 1. The average molecular weight is 392 g/mol. The average Bonchev–Trinajstić information content (AvgIpc) is 3.10. The van der Waals surface area contributed by atoms with Gasteiger partial charge in [-0.05, 0) is 43.9 Å². The number of H-pyrrole nitrogens is 1. The van der Waals surface area contributed by atoms with Crippen LogP contribution in [0.25, 0.3) is 0 Å². The zero-order valence-electron chi connectivity index (χ0n) is 15.7. The second kappa shape index (κ2) is 7.24. The number of rotatable bonds is 2. The van der Waals surface area contributed by atoms with E-state index < -0.39 is 11.7 Å². The molecule has 150 valence electrons. The second-order valence-corrected chi connectivity index (χ2v) is 7.67. The first-order valence-corrected chi connectivity index (χ1v) is 9.54. The minimum atomic E-state index is -4.36. The van der Waals surface area contributed by atoms with E-state index in [4.69, 9.17) is 0 Å². The number of carbonyl (C=O) groups excluding carboxylic acids is 1. The van der Waals surface area contributed by atoms with Crippen molar-refractivity contribution in [3.05, 3.63) is 52.3 Å². The number of piperidine rings is 1. The van der Waals surface area contributed by atoms with Crippen molar-refractivity contribution in [2.24, 2.45) is 0 Å². The summed E-state index contributed by atoms with van der Waals surface area (Å²) >= 11 is 0. The van der Waals surface area contributed by atoms with Crippen molar-refractivity contribution < 1.29 is 18.0 Å². The molecule has 1 aromatic heterocycles. The highest BCUT2D eigenvalue weighted by Crippen LogP contribution is 2.38. The Bertz CT molecular complexity index is 869. The summed E-state index contributed by atoms with van der Waals surface area (Å²) in [6.45, 7) is 2.50. The van der Waals surface area contributed by atoms with Crippen LogP contribution < -0.4 is 0 Å². The summed E-state index contributed by atoms with van der Waals surface area (Å²) in [6.07, 6.45) is -2.54. The number of likely N-dealkylation sites (tertiary alicyclic amines) is 1. The van der Waals surface area contributed by atoms with Crippen LogP contribution >= 0.6 is 0 Å². The number of hydrogen-bond donors (Lipinski definition) is 1. The normalized spacial score (nSPS) is 18.9. The number of aromatic nitrogens is 2. The predicted octanol–water partition coefficient (Wildman–Crippen LogP) is 3.44. The summed E-state index contributed by atoms with van der Waals surface area (Å²) in [4.78, 5) is 16.8. The molecule has 1 aromatic carbocycles. The third kappa shape index (κ3) is 3.53. The van der Waals surface area contributed by atoms with E-state index in [1.807, 2.05) is 7.05 Å². The topological polar surface area (TPSA) is 52.2 Å². The maximum absolute atomic E-state index is 13.3. The molecule has 0 bridgehead atoms. The maximum atomic E-state index is 13.3. The van der Waals surface area contributed by atoms with Crippen molar-refractivity contribution >= 4 is 5.91 Å². The molecule has 28 heavy (non-hydrogen) atoms. The number of carbonyl (C=O) groups is 1. The Morgan fingerprint density at radius 2 is 1.89 bits per heavy atom. The molecule has 0 saturated carbocycles. The second-order valence-electron chi connectivity index (χ2n) is 7.67. The lowest BCUT2D eigenvalue weighted by molar-refractivity contribution is -0.138. The van der Waals surface area contributed by atoms with Crippen LogP contribution in [0.5, 0.6) is 0 Å². The van der Waals surface area contributed by atoms with Crippen LogP contribution in [0.2, 0.25) is 0 Å². The van der Waals surface area contributed by atoms with Crippen molar-refractivity contribution in [3.63, 3.8) is 0 Å². The van der Waals surface area contributed by atoms with E-state index in [0.717, 1.165) is 36.8 Å². The monoisotopic (exact) mass is 392 g/mol. The summed E-state index contributed by atoms with van der Waals surface area (Å²) < 4.78 is 39.9. The van der Waals surface area contributed by atoms with Gasteiger partial charge in [0.05, 0.1) is 11.3 Å². The molecule has 0 radical (unpaired) electrons. The summed E-state index contributed by atoms with van der Waals surface area (Å²) in [6, 6.07) is 5.77. The molecule has 8 heteroatoms. The first kappa shape index (κ1) is 19.0. The molecule has 2 aliphatic heterocycles. The zero-order valence-corrected chi connectivity index (χ0v) is 15.7. The lowest BCUT2D eigenvalue weighted by Gasteiger charge is -2.33. The van der Waals surface area contributed by atoms with Gasteiger partial charge in [-0.25, -0.2) is 0 Å². The fourth-order valence-electron chi connectivity index (χ4n) is 4.28. The highest BCUT2D eigenvalue weighted by Gasteiger charge is 2.36. The van der Waals surface area contributed by atoms with Crippen molar-refractivity contribution in [2.75, 3.05) is 26.7 Å². The van der Waals surface area contributed by atoms with Crippen LogP contribution in [0.1, 0.15) is 51.6 Å². The van der Waals surface area contributed by atoms with Crippen molar-refractivity contribution in [2.45, 2.75) is 37.9 Å². The molecule has 0 spiro atoms. The summed E-state index contributed by atoms with van der Waals surface area (Å²) in [5, 5.41) is 7.21. The molecule has 2 aliphatic rings. The molecule has 1 fully saturated rings. The van der Waals surface area contributed by atoms with Gasteiger partial charge in [0.25, 0.3) is 5.91 Å². The van der Waals surface area contributed by atoms with Gasteiger partial charge in [0.2, 0.25) is 0 Å². The molecule has 5 nitrogen and oxygen atoms in total. The number of nitrogens with zero attached hydrogens (tertiary/aromatic N) is 3. The van der Waals surface area contributed by atoms with Crippen molar-refractivity contribution in [1.29, 1.82) is 0 Å². The molecule has 0 aliphatic carbocycles. The third-order valence-electron chi connectivity index (χ3n) is 5.82. The largest absolute Gasteiger partial charge is 0.416 e. The van der Waals surface area contributed by atoms with Gasteiger partial charge in [-0.3, -0.25) is 9.89 Å². The lowest BCUT2D eigenvalue weighted by atomic mass is 9.86. The number of benzene rings is 1. The molecular formula is C20H23F3N4O. The molecule has 1 amide bonds.